The standard InChI is InChI=1S/C29H18F5N3O4/c1-40-21-12-15(10-11-20(21)41-29-26(33)24(31)23(30)25(32)27(29)34)13-35-36-22(38)14-37-18-8-4-2-6-16(18)28(39)17-7-3-5-9-19(17)37/h2-13H,14H2,1H3,(H,36,38)/b35-13-. The monoisotopic (exact) mass is 567 g/mol. The lowest BCUT2D eigenvalue weighted by Gasteiger charge is -2.14. The molecule has 0 saturated carbocycles. The van der Waals surface area contributed by atoms with Crippen LogP contribution < -0.4 is 20.3 Å². The number of amides is 1. The van der Waals surface area contributed by atoms with Gasteiger partial charge in [-0.2, -0.15) is 13.9 Å². The van der Waals surface area contributed by atoms with Gasteiger partial charge in [0.2, 0.25) is 34.8 Å². The van der Waals surface area contributed by atoms with E-state index in [-0.39, 0.29) is 23.5 Å². The number of fused-ring (bicyclic) bond motifs is 2. The van der Waals surface area contributed by atoms with Gasteiger partial charge >= 0.3 is 0 Å². The van der Waals surface area contributed by atoms with Crippen LogP contribution in [0.15, 0.2) is 76.6 Å². The number of nitrogens with one attached hydrogen (secondary N) is 1. The fraction of sp³-hybridized carbons (Fsp3) is 0.0690. The smallest absolute Gasteiger partial charge is 0.260 e. The third kappa shape index (κ3) is 5.07. The number of hydrogen-bond donors (Lipinski definition) is 1. The van der Waals surface area contributed by atoms with Gasteiger partial charge in [0.05, 0.1) is 24.4 Å². The molecule has 5 rings (SSSR count). The molecule has 0 fully saturated rings. The zero-order valence-electron chi connectivity index (χ0n) is 21.1. The number of aromatic nitrogens is 1. The fourth-order valence-electron chi connectivity index (χ4n) is 4.24. The predicted octanol–water partition coefficient (Wildman–Crippen LogP) is 5.80. The molecule has 208 valence electrons. The fourth-order valence-corrected chi connectivity index (χ4v) is 4.24. The minimum absolute atomic E-state index is 0.115. The van der Waals surface area contributed by atoms with E-state index < -0.39 is 40.7 Å². The summed E-state index contributed by atoms with van der Waals surface area (Å²) in [5.74, 6) is -13.3. The first-order valence-corrected chi connectivity index (χ1v) is 11.9. The van der Waals surface area contributed by atoms with Crippen LogP contribution in [0.2, 0.25) is 0 Å². The molecule has 0 radical (unpaired) electrons. The van der Waals surface area contributed by atoms with E-state index >= 15 is 0 Å². The molecule has 0 bridgehead atoms. The largest absolute Gasteiger partial charge is 0.493 e. The van der Waals surface area contributed by atoms with Gasteiger partial charge < -0.3 is 14.0 Å². The van der Waals surface area contributed by atoms with E-state index in [1.807, 2.05) is 0 Å². The highest BCUT2D eigenvalue weighted by atomic mass is 19.2. The zero-order chi connectivity index (χ0) is 29.3. The first kappa shape index (κ1) is 27.3. The van der Waals surface area contributed by atoms with Gasteiger partial charge in [0.15, 0.2) is 16.9 Å². The summed E-state index contributed by atoms with van der Waals surface area (Å²) in [7, 11) is 1.20. The van der Waals surface area contributed by atoms with Crippen molar-refractivity contribution < 1.29 is 36.2 Å². The molecule has 0 atom stereocenters. The van der Waals surface area contributed by atoms with E-state index in [9.17, 15) is 31.5 Å². The van der Waals surface area contributed by atoms with Crippen molar-refractivity contribution in [1.82, 2.24) is 9.99 Å². The molecular formula is C29H18F5N3O4. The molecular weight excluding hydrogens is 549 g/mol. The van der Waals surface area contributed by atoms with E-state index in [0.29, 0.717) is 27.4 Å². The highest BCUT2D eigenvalue weighted by molar-refractivity contribution is 5.95. The maximum atomic E-state index is 14.0. The summed E-state index contributed by atoms with van der Waals surface area (Å²) in [6.07, 6.45) is 1.24. The number of pyridine rings is 1. The summed E-state index contributed by atoms with van der Waals surface area (Å²) in [5.41, 5.74) is 3.73. The third-order valence-electron chi connectivity index (χ3n) is 6.15. The predicted molar refractivity (Wildman–Crippen MR) is 141 cm³/mol. The average molecular weight is 567 g/mol. The minimum Gasteiger partial charge on any atom is -0.493 e. The number of carbonyl (C=O) groups excluding carboxylic acids is 1. The lowest BCUT2D eigenvalue weighted by atomic mass is 10.1. The van der Waals surface area contributed by atoms with Crippen molar-refractivity contribution in [2.45, 2.75) is 6.54 Å². The van der Waals surface area contributed by atoms with Crippen LogP contribution in [0, 0.1) is 29.1 Å². The number of carbonyl (C=O) groups is 1. The lowest BCUT2D eigenvalue weighted by Crippen LogP contribution is -2.25. The molecule has 0 aliphatic carbocycles. The van der Waals surface area contributed by atoms with Crippen molar-refractivity contribution in [3.8, 4) is 17.2 Å². The Morgan fingerprint density at radius 1 is 0.829 bits per heavy atom. The summed E-state index contributed by atoms with van der Waals surface area (Å²) < 4.78 is 80.2. The van der Waals surface area contributed by atoms with Crippen molar-refractivity contribution in [3.05, 3.63) is 112 Å². The Labute approximate surface area is 228 Å². The Bertz CT molecular complexity index is 1830. The minimum atomic E-state index is -2.31. The third-order valence-corrected chi connectivity index (χ3v) is 6.15. The first-order valence-electron chi connectivity index (χ1n) is 11.9. The molecule has 1 amide bonds. The van der Waals surface area contributed by atoms with E-state index in [1.54, 1.807) is 53.1 Å². The second-order valence-electron chi connectivity index (χ2n) is 8.65. The van der Waals surface area contributed by atoms with Gasteiger partial charge in [-0.25, -0.2) is 18.6 Å². The second kappa shape index (κ2) is 11.1. The number of halogens is 5. The molecule has 1 aromatic heterocycles. The molecule has 0 unspecified atom stereocenters. The first-order chi connectivity index (χ1) is 19.7. The number of hydrazone groups is 1. The molecule has 5 aromatic rings. The summed E-state index contributed by atoms with van der Waals surface area (Å²) in [5, 5.41) is 4.83. The van der Waals surface area contributed by atoms with Crippen molar-refractivity contribution >= 4 is 33.9 Å². The van der Waals surface area contributed by atoms with Gasteiger partial charge in [-0.15, -0.1) is 0 Å². The van der Waals surface area contributed by atoms with Crippen LogP contribution in [0.4, 0.5) is 22.0 Å². The Kier molecular flexibility index (Phi) is 7.38. The quantitative estimate of drug-likeness (QED) is 0.0673. The number of hydrogen-bond acceptors (Lipinski definition) is 5. The van der Waals surface area contributed by atoms with Crippen LogP contribution in [-0.2, 0) is 11.3 Å². The van der Waals surface area contributed by atoms with Crippen molar-refractivity contribution in [2.24, 2.45) is 5.10 Å². The topological polar surface area (TPSA) is 81.9 Å². The van der Waals surface area contributed by atoms with Gasteiger partial charge in [0.25, 0.3) is 5.91 Å². The van der Waals surface area contributed by atoms with Crippen LogP contribution in [0.3, 0.4) is 0 Å². The van der Waals surface area contributed by atoms with E-state index in [4.69, 9.17) is 9.47 Å². The molecule has 0 spiro atoms. The molecule has 0 aliphatic heterocycles. The molecule has 1 heterocycles. The highest BCUT2D eigenvalue weighted by Gasteiger charge is 2.28. The van der Waals surface area contributed by atoms with E-state index in [1.165, 1.54) is 31.5 Å². The average Bonchev–Trinajstić information content (AvgIpc) is 2.99. The van der Waals surface area contributed by atoms with Crippen LogP contribution in [-0.4, -0.2) is 23.8 Å². The summed E-state index contributed by atoms with van der Waals surface area (Å²) >= 11 is 0. The van der Waals surface area contributed by atoms with Crippen LogP contribution in [0.25, 0.3) is 21.8 Å². The molecule has 0 aliphatic rings. The Hall–Kier alpha value is -5.26. The Morgan fingerprint density at radius 3 is 1.98 bits per heavy atom. The van der Waals surface area contributed by atoms with Crippen LogP contribution in [0.1, 0.15) is 5.56 Å². The number of methoxy groups -OCH3 is 1. The number of rotatable bonds is 7. The Balaban J connectivity index is 1.35. The van der Waals surface area contributed by atoms with E-state index in [0.717, 1.165) is 0 Å². The summed E-state index contributed by atoms with van der Waals surface area (Å²) in [4.78, 5) is 25.6. The molecule has 41 heavy (non-hydrogen) atoms. The van der Waals surface area contributed by atoms with Gasteiger partial charge in [0.1, 0.15) is 6.54 Å². The maximum absolute atomic E-state index is 14.0. The normalized spacial score (nSPS) is 11.4. The van der Waals surface area contributed by atoms with E-state index in [2.05, 4.69) is 10.5 Å². The number of nitrogens with zero attached hydrogens (tertiary/aromatic N) is 2. The molecule has 4 aromatic carbocycles. The number of benzene rings is 4. The highest BCUT2D eigenvalue weighted by Crippen LogP contribution is 2.37. The van der Waals surface area contributed by atoms with Gasteiger partial charge in [-0.05, 0) is 48.0 Å². The molecule has 12 heteroatoms. The summed E-state index contributed by atoms with van der Waals surface area (Å²) in [6, 6.07) is 17.7. The van der Waals surface area contributed by atoms with Gasteiger partial charge in [0, 0.05) is 10.8 Å². The maximum Gasteiger partial charge on any atom is 0.260 e. The van der Waals surface area contributed by atoms with Crippen molar-refractivity contribution in [2.75, 3.05) is 7.11 Å². The number of ether oxygens (including phenoxy) is 2. The lowest BCUT2D eigenvalue weighted by molar-refractivity contribution is -0.121. The van der Waals surface area contributed by atoms with Crippen molar-refractivity contribution in [1.29, 1.82) is 0 Å². The second-order valence-corrected chi connectivity index (χ2v) is 8.65. The van der Waals surface area contributed by atoms with Crippen molar-refractivity contribution in [3.63, 3.8) is 0 Å². The Morgan fingerprint density at radius 2 is 1.39 bits per heavy atom. The number of para-hydroxylation sites is 2. The van der Waals surface area contributed by atoms with Gasteiger partial charge in [-0.3, -0.25) is 9.59 Å². The molecule has 0 saturated heterocycles. The summed E-state index contributed by atoms with van der Waals surface area (Å²) in [6.45, 7) is -0.156. The zero-order valence-corrected chi connectivity index (χ0v) is 21.1. The van der Waals surface area contributed by atoms with Crippen LogP contribution in [0.5, 0.6) is 17.2 Å². The molecule has 7 nitrogen and oxygen atoms in total. The SMILES string of the molecule is COc1cc(/C=N\NC(=O)Cn2c3ccccc3c(=O)c3ccccc32)ccc1Oc1c(F)c(F)c(F)c(F)c1F. The van der Waals surface area contributed by atoms with Gasteiger partial charge in [-0.1, -0.05) is 24.3 Å². The van der Waals surface area contributed by atoms with Crippen LogP contribution >= 0.6 is 0 Å². The molecule has 1 N–H and O–H groups in total.